The quantitative estimate of drug-likeness (QED) is 0.586. The molecule has 0 bridgehead atoms. The van der Waals surface area contributed by atoms with Gasteiger partial charge in [0.2, 0.25) is 0 Å². The number of carbonyl (C=O) groups excluding carboxylic acids is 2. The molecular weight excluding hydrogens is 280 g/mol. The summed E-state index contributed by atoms with van der Waals surface area (Å²) in [5, 5.41) is 0.176. The molecule has 0 amide bonds. The molecule has 1 aromatic rings. The second kappa shape index (κ2) is 5.44. The maximum absolute atomic E-state index is 11.9. The van der Waals surface area contributed by atoms with Crippen LogP contribution in [-0.4, -0.2) is 18.4 Å². The summed E-state index contributed by atoms with van der Waals surface area (Å²) in [5.74, 6) is 0.140. The van der Waals surface area contributed by atoms with Gasteiger partial charge in [-0.05, 0) is 39.3 Å². The van der Waals surface area contributed by atoms with E-state index in [0.717, 1.165) is 0 Å². The number of rotatable bonds is 1. The van der Waals surface area contributed by atoms with Crippen molar-refractivity contribution in [3.63, 3.8) is 0 Å². The van der Waals surface area contributed by atoms with Crippen LogP contribution in [0.15, 0.2) is 12.1 Å². The van der Waals surface area contributed by atoms with E-state index in [-0.39, 0.29) is 22.5 Å². The molecule has 4 nitrogen and oxygen atoms in total. The van der Waals surface area contributed by atoms with Crippen LogP contribution < -0.4 is 9.47 Å². The minimum atomic E-state index is -0.632. The molecule has 0 atom stereocenters. The third-order valence-electron chi connectivity index (χ3n) is 2.97. The fraction of sp³-hybridized carbons (Fsp3) is 0.467. The van der Waals surface area contributed by atoms with Crippen LogP contribution in [0.2, 0.25) is 5.02 Å². The fourth-order valence-corrected chi connectivity index (χ4v) is 2.03. The lowest BCUT2D eigenvalue weighted by Crippen LogP contribution is -2.25. The highest BCUT2D eigenvalue weighted by Gasteiger charge is 2.27. The SMILES string of the molecule is CC(C)(C)C(=O)Oc1ccc2c(c1Cl)OCCCC2=O. The molecule has 0 N–H and O–H groups in total. The summed E-state index contributed by atoms with van der Waals surface area (Å²) in [4.78, 5) is 23.8. The fourth-order valence-electron chi connectivity index (χ4n) is 1.77. The zero-order chi connectivity index (χ0) is 14.9. The van der Waals surface area contributed by atoms with Crippen LogP contribution in [0.1, 0.15) is 44.0 Å². The van der Waals surface area contributed by atoms with E-state index in [1.54, 1.807) is 26.8 Å². The minimum Gasteiger partial charge on any atom is -0.491 e. The maximum Gasteiger partial charge on any atom is 0.316 e. The van der Waals surface area contributed by atoms with Crippen LogP contribution in [0.3, 0.4) is 0 Å². The first-order valence-electron chi connectivity index (χ1n) is 6.51. The predicted molar refractivity (Wildman–Crippen MR) is 75.6 cm³/mol. The standard InChI is InChI=1S/C15H17ClO4/c1-15(2,3)14(18)20-11-7-6-9-10(17)5-4-8-19-13(9)12(11)16/h6-7H,4-5,8H2,1-3H3. The van der Waals surface area contributed by atoms with Gasteiger partial charge in [-0.15, -0.1) is 0 Å². The Balaban J connectivity index is 2.36. The van der Waals surface area contributed by atoms with Gasteiger partial charge in [0.1, 0.15) is 5.02 Å². The Labute approximate surface area is 123 Å². The predicted octanol–water partition coefficient (Wildman–Crippen LogP) is 3.65. The van der Waals surface area contributed by atoms with Gasteiger partial charge < -0.3 is 9.47 Å². The number of fused-ring (bicyclic) bond motifs is 1. The molecule has 0 unspecified atom stereocenters. The number of hydrogen-bond acceptors (Lipinski definition) is 4. The van der Waals surface area contributed by atoms with Crippen molar-refractivity contribution in [2.75, 3.05) is 6.61 Å². The number of Topliss-reactive ketones (excluding diaryl/α,β-unsaturated/α-hetero) is 1. The highest BCUT2D eigenvalue weighted by atomic mass is 35.5. The first-order chi connectivity index (χ1) is 9.30. The van der Waals surface area contributed by atoms with Crippen molar-refractivity contribution in [1.29, 1.82) is 0 Å². The van der Waals surface area contributed by atoms with E-state index in [4.69, 9.17) is 21.1 Å². The molecule has 2 rings (SSSR count). The highest BCUT2D eigenvalue weighted by Crippen LogP contribution is 2.39. The number of ketones is 1. The molecular formula is C15H17ClO4. The van der Waals surface area contributed by atoms with Crippen LogP contribution in [0, 0.1) is 5.41 Å². The van der Waals surface area contributed by atoms with Gasteiger partial charge in [0.25, 0.3) is 0 Å². The van der Waals surface area contributed by atoms with E-state index in [1.165, 1.54) is 6.07 Å². The van der Waals surface area contributed by atoms with Crippen LogP contribution in [0.25, 0.3) is 0 Å². The van der Waals surface area contributed by atoms with Crippen molar-refractivity contribution in [2.24, 2.45) is 5.41 Å². The molecule has 1 heterocycles. The summed E-state index contributed by atoms with van der Waals surface area (Å²) < 4.78 is 10.8. The van der Waals surface area contributed by atoms with Gasteiger partial charge in [-0.3, -0.25) is 9.59 Å². The van der Waals surface area contributed by atoms with E-state index in [9.17, 15) is 9.59 Å². The molecule has 1 aliphatic heterocycles. The number of ether oxygens (including phenoxy) is 2. The second-order valence-electron chi connectivity index (χ2n) is 5.77. The Kier molecular flexibility index (Phi) is 4.04. The molecule has 0 saturated heterocycles. The second-order valence-corrected chi connectivity index (χ2v) is 6.15. The molecule has 1 aromatic carbocycles. The molecule has 0 aromatic heterocycles. The first-order valence-corrected chi connectivity index (χ1v) is 6.89. The maximum atomic E-state index is 11.9. The van der Waals surface area contributed by atoms with Gasteiger partial charge in [-0.1, -0.05) is 11.6 Å². The largest absolute Gasteiger partial charge is 0.491 e. The third-order valence-corrected chi connectivity index (χ3v) is 3.33. The number of carbonyl (C=O) groups is 2. The Bertz CT molecular complexity index is 558. The zero-order valence-electron chi connectivity index (χ0n) is 11.8. The van der Waals surface area contributed by atoms with Crippen molar-refractivity contribution < 1.29 is 19.1 Å². The lowest BCUT2D eigenvalue weighted by atomic mass is 9.97. The lowest BCUT2D eigenvalue weighted by molar-refractivity contribution is -0.142. The average molecular weight is 297 g/mol. The van der Waals surface area contributed by atoms with Crippen LogP contribution >= 0.6 is 11.6 Å². The molecule has 5 heteroatoms. The first kappa shape index (κ1) is 14.9. The van der Waals surface area contributed by atoms with Gasteiger partial charge in [0, 0.05) is 6.42 Å². The van der Waals surface area contributed by atoms with Crippen LogP contribution in [-0.2, 0) is 4.79 Å². The van der Waals surface area contributed by atoms with Crippen molar-refractivity contribution in [3.8, 4) is 11.5 Å². The zero-order valence-corrected chi connectivity index (χ0v) is 12.5. The summed E-state index contributed by atoms with van der Waals surface area (Å²) in [6, 6.07) is 3.14. The van der Waals surface area contributed by atoms with E-state index < -0.39 is 5.41 Å². The number of hydrogen-bond donors (Lipinski definition) is 0. The van der Waals surface area contributed by atoms with Crippen molar-refractivity contribution in [3.05, 3.63) is 22.7 Å². The van der Waals surface area contributed by atoms with Crippen molar-refractivity contribution in [1.82, 2.24) is 0 Å². The Morgan fingerprint density at radius 1 is 1.35 bits per heavy atom. The summed E-state index contributed by atoms with van der Waals surface area (Å²) in [7, 11) is 0. The van der Waals surface area contributed by atoms with Gasteiger partial charge in [-0.2, -0.15) is 0 Å². The molecule has 0 radical (unpaired) electrons. The number of halogens is 1. The molecule has 20 heavy (non-hydrogen) atoms. The third kappa shape index (κ3) is 2.96. The smallest absolute Gasteiger partial charge is 0.316 e. The molecule has 0 fully saturated rings. The number of esters is 1. The van der Waals surface area contributed by atoms with Crippen LogP contribution in [0.5, 0.6) is 11.5 Å². The van der Waals surface area contributed by atoms with Crippen molar-refractivity contribution in [2.45, 2.75) is 33.6 Å². The topological polar surface area (TPSA) is 52.6 Å². The molecule has 0 aliphatic carbocycles. The van der Waals surface area contributed by atoms with Gasteiger partial charge in [0.15, 0.2) is 17.3 Å². The molecule has 1 aliphatic rings. The van der Waals surface area contributed by atoms with Gasteiger partial charge in [0.05, 0.1) is 17.6 Å². The van der Waals surface area contributed by atoms with Gasteiger partial charge in [-0.25, -0.2) is 0 Å². The number of benzene rings is 1. The van der Waals surface area contributed by atoms with E-state index >= 15 is 0 Å². The molecule has 108 valence electrons. The van der Waals surface area contributed by atoms with Crippen LogP contribution in [0.4, 0.5) is 0 Å². The van der Waals surface area contributed by atoms with Gasteiger partial charge >= 0.3 is 5.97 Å². The summed E-state index contributed by atoms with van der Waals surface area (Å²) >= 11 is 6.20. The molecule has 0 spiro atoms. The lowest BCUT2D eigenvalue weighted by Gasteiger charge is -2.18. The summed E-state index contributed by atoms with van der Waals surface area (Å²) in [5.41, 5.74) is -0.185. The summed E-state index contributed by atoms with van der Waals surface area (Å²) in [6.07, 6.45) is 1.09. The normalized spacial score (nSPS) is 15.1. The van der Waals surface area contributed by atoms with E-state index in [0.29, 0.717) is 30.8 Å². The highest BCUT2D eigenvalue weighted by molar-refractivity contribution is 6.34. The monoisotopic (exact) mass is 296 g/mol. The van der Waals surface area contributed by atoms with E-state index in [1.807, 2.05) is 0 Å². The summed E-state index contributed by atoms with van der Waals surface area (Å²) in [6.45, 7) is 5.70. The van der Waals surface area contributed by atoms with E-state index in [2.05, 4.69) is 0 Å². The Hall–Kier alpha value is -1.55. The minimum absolute atomic E-state index is 0.00639. The van der Waals surface area contributed by atoms with Crippen molar-refractivity contribution >= 4 is 23.4 Å². The molecule has 0 saturated carbocycles. The Morgan fingerprint density at radius 2 is 2.05 bits per heavy atom. The average Bonchev–Trinajstić information content (AvgIpc) is 2.54. The Morgan fingerprint density at radius 3 is 2.70 bits per heavy atom.